The fourth-order valence-corrected chi connectivity index (χ4v) is 2.76. The molecule has 4 unspecified atom stereocenters. The molecule has 188 valence electrons. The zero-order chi connectivity index (χ0) is 25.9. The lowest BCUT2D eigenvalue weighted by Crippen LogP contribution is -2.58. The molecule has 0 aliphatic carbocycles. The summed E-state index contributed by atoms with van der Waals surface area (Å²) >= 11 is 0. The Labute approximate surface area is 192 Å². The smallest absolute Gasteiger partial charge is 0.326 e. The number of carboxylic acid groups (broad SMARTS) is 2. The van der Waals surface area contributed by atoms with Crippen molar-refractivity contribution in [2.24, 2.45) is 23.3 Å². The van der Waals surface area contributed by atoms with E-state index in [1.807, 2.05) is 0 Å². The van der Waals surface area contributed by atoms with E-state index in [0.717, 1.165) is 0 Å². The average molecular weight is 474 g/mol. The van der Waals surface area contributed by atoms with E-state index in [1.165, 1.54) is 0 Å². The third kappa shape index (κ3) is 11.8. The summed E-state index contributed by atoms with van der Waals surface area (Å²) in [7, 11) is 0. The molecule has 0 aromatic rings. The van der Waals surface area contributed by atoms with E-state index in [-0.39, 0.29) is 24.7 Å². The molecule has 13 heteroatoms. The van der Waals surface area contributed by atoms with E-state index in [2.05, 4.69) is 16.0 Å². The summed E-state index contributed by atoms with van der Waals surface area (Å²) in [4.78, 5) is 71.5. The predicted octanol–water partition coefficient (Wildman–Crippen LogP) is -1.70. The second-order valence-corrected chi connectivity index (χ2v) is 8.52. The molecule has 0 rings (SSSR count). The van der Waals surface area contributed by atoms with E-state index >= 15 is 0 Å². The molecule has 0 heterocycles. The summed E-state index contributed by atoms with van der Waals surface area (Å²) in [6.07, 6.45) is -1.36. The summed E-state index contributed by atoms with van der Waals surface area (Å²) in [5.74, 6) is -6.40. The van der Waals surface area contributed by atoms with Crippen molar-refractivity contribution in [3.05, 3.63) is 0 Å². The van der Waals surface area contributed by atoms with Crippen LogP contribution in [0, 0.1) is 11.8 Å². The van der Waals surface area contributed by atoms with Crippen molar-refractivity contribution in [2.75, 3.05) is 0 Å². The third-order valence-electron chi connectivity index (χ3n) is 4.66. The Balaban J connectivity index is 5.61. The Morgan fingerprint density at radius 2 is 1.27 bits per heavy atom. The second kappa shape index (κ2) is 14.0. The number of nitrogens with two attached hydrogens (primary N) is 2. The molecule has 0 saturated carbocycles. The number of nitrogens with one attached hydrogen (secondary N) is 3. The molecule has 4 amide bonds. The van der Waals surface area contributed by atoms with Crippen molar-refractivity contribution < 1.29 is 39.0 Å². The first kappa shape index (κ1) is 29.8. The van der Waals surface area contributed by atoms with Gasteiger partial charge in [0.2, 0.25) is 23.6 Å². The molecule has 0 saturated heterocycles. The van der Waals surface area contributed by atoms with Crippen molar-refractivity contribution in [1.29, 1.82) is 0 Å². The van der Waals surface area contributed by atoms with Gasteiger partial charge in [0.05, 0.1) is 12.5 Å². The Kier molecular flexibility index (Phi) is 12.7. The molecule has 0 fully saturated rings. The molecule has 13 nitrogen and oxygen atoms in total. The number of primary amides is 1. The normalized spacial score (nSPS) is 14.6. The van der Waals surface area contributed by atoms with Gasteiger partial charge in [0.25, 0.3) is 0 Å². The highest BCUT2D eigenvalue weighted by Gasteiger charge is 2.32. The van der Waals surface area contributed by atoms with Crippen LogP contribution >= 0.6 is 0 Å². The number of hydrogen-bond acceptors (Lipinski definition) is 7. The van der Waals surface area contributed by atoms with Crippen LogP contribution in [0.15, 0.2) is 0 Å². The van der Waals surface area contributed by atoms with Crippen molar-refractivity contribution in [2.45, 2.75) is 77.5 Å². The van der Waals surface area contributed by atoms with E-state index in [9.17, 15) is 33.9 Å². The molecule has 0 aromatic heterocycles. The van der Waals surface area contributed by atoms with Gasteiger partial charge >= 0.3 is 11.9 Å². The molecule has 0 bridgehead atoms. The van der Waals surface area contributed by atoms with Gasteiger partial charge in [-0.2, -0.15) is 0 Å². The quantitative estimate of drug-likeness (QED) is 0.143. The Bertz CT molecular complexity index is 740. The fourth-order valence-electron chi connectivity index (χ4n) is 2.76. The monoisotopic (exact) mass is 473 g/mol. The number of carbonyl (C=O) groups is 6. The van der Waals surface area contributed by atoms with Gasteiger partial charge in [-0.1, -0.05) is 27.7 Å². The van der Waals surface area contributed by atoms with Crippen LogP contribution in [-0.2, 0) is 28.8 Å². The molecule has 0 radical (unpaired) electrons. The SMILES string of the molecule is CC(C)CC(NC(=O)C(CCC(=O)O)NC(=O)C(CC(N)=O)NC(=O)C(N)C(C)C)C(=O)O. The standard InChI is InChI=1S/C20H35N5O8/c1-9(2)7-13(20(32)33)25-17(29)11(5-6-15(27)28)23-18(30)12(8-14(21)26)24-19(31)16(22)10(3)4/h9-13,16H,5-8,22H2,1-4H3,(H2,21,26)(H,23,30)(H,24,31)(H,25,29)(H,27,28)(H,32,33). The van der Waals surface area contributed by atoms with E-state index in [0.29, 0.717) is 0 Å². The molecular weight excluding hydrogens is 438 g/mol. The third-order valence-corrected chi connectivity index (χ3v) is 4.66. The summed E-state index contributed by atoms with van der Waals surface area (Å²) < 4.78 is 0. The summed E-state index contributed by atoms with van der Waals surface area (Å²) in [5, 5.41) is 25.2. The van der Waals surface area contributed by atoms with Gasteiger partial charge < -0.3 is 37.6 Å². The van der Waals surface area contributed by atoms with Crippen LogP contribution in [0.25, 0.3) is 0 Å². The number of aliphatic carboxylic acids is 2. The van der Waals surface area contributed by atoms with E-state index in [1.54, 1.807) is 27.7 Å². The first-order valence-electron chi connectivity index (χ1n) is 10.5. The van der Waals surface area contributed by atoms with Gasteiger partial charge in [-0.05, 0) is 24.7 Å². The molecule has 9 N–H and O–H groups in total. The van der Waals surface area contributed by atoms with Crippen LogP contribution in [-0.4, -0.2) is 69.9 Å². The first-order valence-corrected chi connectivity index (χ1v) is 10.5. The predicted molar refractivity (Wildman–Crippen MR) is 116 cm³/mol. The number of carboxylic acids is 2. The van der Waals surface area contributed by atoms with Crippen LogP contribution in [0.5, 0.6) is 0 Å². The Morgan fingerprint density at radius 1 is 0.788 bits per heavy atom. The minimum Gasteiger partial charge on any atom is -0.481 e. The molecule has 0 spiro atoms. The highest BCUT2D eigenvalue weighted by atomic mass is 16.4. The maximum atomic E-state index is 12.7. The van der Waals surface area contributed by atoms with Gasteiger partial charge in [0.15, 0.2) is 0 Å². The lowest BCUT2D eigenvalue weighted by Gasteiger charge is -2.25. The molecular formula is C20H35N5O8. The first-order chi connectivity index (χ1) is 15.1. The highest BCUT2D eigenvalue weighted by Crippen LogP contribution is 2.08. The summed E-state index contributed by atoms with van der Waals surface area (Å²) in [5.41, 5.74) is 10.9. The molecule has 0 aliphatic rings. The van der Waals surface area contributed by atoms with Gasteiger partial charge in [-0.15, -0.1) is 0 Å². The number of carbonyl (C=O) groups excluding carboxylic acids is 4. The van der Waals surface area contributed by atoms with Crippen LogP contribution in [0.1, 0.15) is 53.4 Å². The van der Waals surface area contributed by atoms with Crippen LogP contribution < -0.4 is 27.4 Å². The molecule has 33 heavy (non-hydrogen) atoms. The fraction of sp³-hybridized carbons (Fsp3) is 0.700. The Morgan fingerprint density at radius 3 is 1.70 bits per heavy atom. The van der Waals surface area contributed by atoms with Crippen molar-refractivity contribution in [1.82, 2.24) is 16.0 Å². The van der Waals surface area contributed by atoms with E-state index < -0.39 is 72.6 Å². The van der Waals surface area contributed by atoms with Crippen molar-refractivity contribution >= 4 is 35.6 Å². The lowest BCUT2D eigenvalue weighted by atomic mass is 10.0. The molecule has 0 aromatic carbocycles. The maximum Gasteiger partial charge on any atom is 0.326 e. The molecule has 4 atom stereocenters. The van der Waals surface area contributed by atoms with Gasteiger partial charge in [-0.25, -0.2) is 4.79 Å². The maximum absolute atomic E-state index is 12.7. The number of amides is 4. The van der Waals surface area contributed by atoms with Gasteiger partial charge in [-0.3, -0.25) is 24.0 Å². The zero-order valence-electron chi connectivity index (χ0n) is 19.3. The van der Waals surface area contributed by atoms with Gasteiger partial charge in [0, 0.05) is 6.42 Å². The highest BCUT2D eigenvalue weighted by molar-refractivity contribution is 5.96. The number of rotatable bonds is 15. The van der Waals surface area contributed by atoms with Crippen molar-refractivity contribution in [3.8, 4) is 0 Å². The molecule has 0 aliphatic heterocycles. The largest absolute Gasteiger partial charge is 0.481 e. The minimum absolute atomic E-state index is 0.0706. The number of hydrogen-bond donors (Lipinski definition) is 7. The second-order valence-electron chi connectivity index (χ2n) is 8.52. The minimum atomic E-state index is -1.47. The summed E-state index contributed by atoms with van der Waals surface area (Å²) in [6.45, 7) is 6.86. The van der Waals surface area contributed by atoms with Crippen LogP contribution in [0.2, 0.25) is 0 Å². The average Bonchev–Trinajstić information content (AvgIpc) is 2.67. The van der Waals surface area contributed by atoms with Gasteiger partial charge in [0.1, 0.15) is 18.1 Å². The Hall–Kier alpha value is -3.22. The summed E-state index contributed by atoms with van der Waals surface area (Å²) in [6, 6.07) is -5.14. The van der Waals surface area contributed by atoms with Crippen LogP contribution in [0.3, 0.4) is 0 Å². The zero-order valence-corrected chi connectivity index (χ0v) is 19.3. The van der Waals surface area contributed by atoms with Crippen molar-refractivity contribution in [3.63, 3.8) is 0 Å². The topological polar surface area (TPSA) is 231 Å². The van der Waals surface area contributed by atoms with E-state index in [4.69, 9.17) is 16.6 Å². The van der Waals surface area contributed by atoms with Crippen LogP contribution in [0.4, 0.5) is 0 Å². The lowest BCUT2D eigenvalue weighted by molar-refractivity contribution is -0.143.